The second-order valence-electron chi connectivity index (χ2n) is 3.59. The van der Waals surface area contributed by atoms with Crippen LogP contribution in [-0.2, 0) is 11.3 Å². The molecule has 0 aliphatic carbocycles. The fourth-order valence-electron chi connectivity index (χ4n) is 1.32. The molecule has 0 saturated heterocycles. The minimum atomic E-state index is -0.0379. The van der Waals surface area contributed by atoms with Gasteiger partial charge in [-0.25, -0.2) is 4.98 Å². The van der Waals surface area contributed by atoms with Crippen molar-refractivity contribution in [1.29, 1.82) is 0 Å². The van der Waals surface area contributed by atoms with Gasteiger partial charge in [-0.05, 0) is 29.8 Å². The second kappa shape index (κ2) is 7.58. The largest absolute Gasteiger partial charge is 0.380 e. The molecule has 1 aromatic rings. The summed E-state index contributed by atoms with van der Waals surface area (Å²) in [6.45, 7) is 7.33. The molecule has 0 aliphatic heterocycles. The van der Waals surface area contributed by atoms with Crippen LogP contribution in [-0.4, -0.2) is 35.9 Å². The number of hydrogen-bond acceptors (Lipinski definition) is 4. The van der Waals surface area contributed by atoms with Gasteiger partial charge in [0, 0.05) is 26.2 Å². The Morgan fingerprint density at radius 1 is 1.53 bits per heavy atom. The Labute approximate surface area is 109 Å². The summed E-state index contributed by atoms with van der Waals surface area (Å²) in [5.74, 6) is 0. The fraction of sp³-hybridized carbons (Fsp3) is 0.636. The van der Waals surface area contributed by atoms with Gasteiger partial charge in [0.15, 0.2) is 0 Å². The first kappa shape index (κ1) is 14.3. The summed E-state index contributed by atoms with van der Waals surface area (Å²) in [7, 11) is 0. The quantitative estimate of drug-likeness (QED) is 0.762. The molecule has 17 heavy (non-hydrogen) atoms. The minimum absolute atomic E-state index is 0.0379. The monoisotopic (exact) mass is 303 g/mol. The van der Waals surface area contributed by atoms with Crippen LogP contribution in [0.3, 0.4) is 0 Å². The Hall–Kier alpha value is -0.720. The number of nitrogens with one attached hydrogen (secondary N) is 1. The zero-order valence-corrected chi connectivity index (χ0v) is 11.8. The molecule has 0 atom stereocenters. The van der Waals surface area contributed by atoms with Gasteiger partial charge < -0.3 is 10.1 Å². The van der Waals surface area contributed by atoms with E-state index in [2.05, 4.69) is 26.2 Å². The number of nitrogens with zero attached hydrogens (tertiary/aromatic N) is 2. The van der Waals surface area contributed by atoms with Crippen molar-refractivity contribution < 1.29 is 4.74 Å². The zero-order chi connectivity index (χ0) is 12.7. The molecule has 0 spiro atoms. The summed E-state index contributed by atoms with van der Waals surface area (Å²) in [4.78, 5) is 15.9. The molecule has 96 valence electrons. The van der Waals surface area contributed by atoms with Gasteiger partial charge in [-0.2, -0.15) is 0 Å². The Morgan fingerprint density at radius 3 is 3.00 bits per heavy atom. The van der Waals surface area contributed by atoms with Gasteiger partial charge in [0.25, 0.3) is 5.56 Å². The van der Waals surface area contributed by atoms with Crippen LogP contribution >= 0.6 is 15.9 Å². The average molecular weight is 304 g/mol. The highest BCUT2D eigenvalue weighted by molar-refractivity contribution is 9.10. The van der Waals surface area contributed by atoms with Gasteiger partial charge in [0.2, 0.25) is 0 Å². The van der Waals surface area contributed by atoms with E-state index >= 15 is 0 Å². The molecule has 1 N–H and O–H groups in total. The van der Waals surface area contributed by atoms with E-state index in [1.54, 1.807) is 17.8 Å². The van der Waals surface area contributed by atoms with E-state index in [1.165, 1.54) is 0 Å². The van der Waals surface area contributed by atoms with Crippen LogP contribution in [0, 0.1) is 6.92 Å². The fourth-order valence-corrected chi connectivity index (χ4v) is 1.65. The molecule has 1 aromatic heterocycles. The number of halogens is 1. The van der Waals surface area contributed by atoms with E-state index in [4.69, 9.17) is 4.74 Å². The van der Waals surface area contributed by atoms with Crippen LogP contribution < -0.4 is 10.9 Å². The summed E-state index contributed by atoms with van der Waals surface area (Å²) < 4.78 is 7.32. The maximum atomic E-state index is 11.8. The lowest BCUT2D eigenvalue weighted by Gasteiger charge is -2.08. The molecule has 6 heteroatoms. The highest BCUT2D eigenvalue weighted by Gasteiger charge is 2.04. The zero-order valence-electron chi connectivity index (χ0n) is 10.2. The third-order valence-corrected chi connectivity index (χ3v) is 3.23. The van der Waals surface area contributed by atoms with Crippen molar-refractivity contribution in [2.24, 2.45) is 0 Å². The molecular formula is C11H18BrN3O2. The Kier molecular flexibility index (Phi) is 6.39. The molecule has 0 radical (unpaired) electrons. The topological polar surface area (TPSA) is 56.1 Å². The average Bonchev–Trinajstić information content (AvgIpc) is 2.33. The number of rotatable bonds is 7. The molecule has 0 unspecified atom stereocenters. The summed E-state index contributed by atoms with van der Waals surface area (Å²) in [5.41, 5.74) is 0.680. The van der Waals surface area contributed by atoms with Crippen molar-refractivity contribution in [3.8, 4) is 0 Å². The van der Waals surface area contributed by atoms with Gasteiger partial charge in [-0.3, -0.25) is 9.36 Å². The number of aromatic nitrogens is 2. The first-order valence-corrected chi connectivity index (χ1v) is 6.46. The van der Waals surface area contributed by atoms with Crippen LogP contribution in [0.4, 0.5) is 0 Å². The minimum Gasteiger partial charge on any atom is -0.380 e. The van der Waals surface area contributed by atoms with Gasteiger partial charge in [-0.15, -0.1) is 0 Å². The van der Waals surface area contributed by atoms with Crippen molar-refractivity contribution >= 4 is 15.9 Å². The highest BCUT2D eigenvalue weighted by atomic mass is 79.9. The highest BCUT2D eigenvalue weighted by Crippen LogP contribution is 2.05. The van der Waals surface area contributed by atoms with Crippen LogP contribution in [0.25, 0.3) is 0 Å². The number of ether oxygens (including phenoxy) is 1. The molecule has 1 rings (SSSR count). The summed E-state index contributed by atoms with van der Waals surface area (Å²) >= 11 is 3.24. The van der Waals surface area contributed by atoms with E-state index in [9.17, 15) is 4.79 Å². The normalized spacial score (nSPS) is 10.8. The molecule has 0 aromatic carbocycles. The van der Waals surface area contributed by atoms with E-state index in [1.807, 2.05) is 6.92 Å². The van der Waals surface area contributed by atoms with Gasteiger partial charge in [0.05, 0.1) is 18.6 Å². The molecular weight excluding hydrogens is 286 g/mol. The number of hydrogen-bond donors (Lipinski definition) is 1. The third-order valence-electron chi connectivity index (χ3n) is 2.31. The van der Waals surface area contributed by atoms with Gasteiger partial charge in [0.1, 0.15) is 4.47 Å². The summed E-state index contributed by atoms with van der Waals surface area (Å²) in [5, 5.41) is 3.20. The Balaban J connectivity index is 2.37. The standard InChI is InChI=1S/C11H18BrN3O2/c1-3-17-7-5-13-4-6-15-8-14-9(2)10(12)11(15)16/h8,13H,3-7H2,1-2H3. The molecule has 0 bridgehead atoms. The van der Waals surface area contributed by atoms with Crippen LogP contribution in [0.2, 0.25) is 0 Å². The van der Waals surface area contributed by atoms with E-state index in [0.717, 1.165) is 25.4 Å². The first-order valence-electron chi connectivity index (χ1n) is 5.66. The van der Waals surface area contributed by atoms with Crippen LogP contribution in [0.5, 0.6) is 0 Å². The van der Waals surface area contributed by atoms with Gasteiger partial charge in [-0.1, -0.05) is 0 Å². The van der Waals surface area contributed by atoms with E-state index in [-0.39, 0.29) is 5.56 Å². The maximum absolute atomic E-state index is 11.8. The van der Waals surface area contributed by atoms with Crippen molar-refractivity contribution in [2.75, 3.05) is 26.3 Å². The second-order valence-corrected chi connectivity index (χ2v) is 4.38. The Morgan fingerprint density at radius 2 is 2.29 bits per heavy atom. The predicted octanol–water partition coefficient (Wildman–Crippen LogP) is 0.940. The molecule has 1 heterocycles. The SMILES string of the molecule is CCOCCNCCn1cnc(C)c(Br)c1=O. The Bertz CT molecular complexity index is 406. The summed E-state index contributed by atoms with van der Waals surface area (Å²) in [6.07, 6.45) is 1.58. The van der Waals surface area contributed by atoms with E-state index in [0.29, 0.717) is 17.6 Å². The predicted molar refractivity (Wildman–Crippen MR) is 70.3 cm³/mol. The van der Waals surface area contributed by atoms with Crippen molar-refractivity contribution in [3.63, 3.8) is 0 Å². The molecule has 5 nitrogen and oxygen atoms in total. The van der Waals surface area contributed by atoms with E-state index < -0.39 is 0 Å². The van der Waals surface area contributed by atoms with Crippen molar-refractivity contribution in [2.45, 2.75) is 20.4 Å². The molecule has 0 aliphatic rings. The van der Waals surface area contributed by atoms with Crippen LogP contribution in [0.1, 0.15) is 12.6 Å². The lowest BCUT2D eigenvalue weighted by Crippen LogP contribution is -2.29. The summed E-state index contributed by atoms with van der Waals surface area (Å²) in [6, 6.07) is 0. The lowest BCUT2D eigenvalue weighted by atomic mass is 10.4. The van der Waals surface area contributed by atoms with Crippen LogP contribution in [0.15, 0.2) is 15.6 Å². The number of aryl methyl sites for hydroxylation is 1. The molecule has 0 saturated carbocycles. The van der Waals surface area contributed by atoms with Gasteiger partial charge >= 0.3 is 0 Å². The first-order chi connectivity index (χ1) is 8.16. The maximum Gasteiger partial charge on any atom is 0.267 e. The third kappa shape index (κ3) is 4.57. The lowest BCUT2D eigenvalue weighted by molar-refractivity contribution is 0.149. The van der Waals surface area contributed by atoms with Crippen molar-refractivity contribution in [1.82, 2.24) is 14.9 Å². The smallest absolute Gasteiger partial charge is 0.267 e. The van der Waals surface area contributed by atoms with Crippen molar-refractivity contribution in [3.05, 3.63) is 26.8 Å². The molecule has 0 amide bonds. The molecule has 0 fully saturated rings.